The van der Waals surface area contributed by atoms with Gasteiger partial charge in [-0.3, -0.25) is 4.79 Å². The molecular formula is C9H10BrIO2S. The molecule has 0 radical (unpaired) electrons. The van der Waals surface area contributed by atoms with E-state index in [9.17, 15) is 4.79 Å². The summed E-state index contributed by atoms with van der Waals surface area (Å²) in [6, 6.07) is 2.09. The predicted molar refractivity (Wildman–Crippen MR) is 69.7 cm³/mol. The van der Waals surface area contributed by atoms with Gasteiger partial charge in [-0.15, -0.1) is 11.3 Å². The lowest BCUT2D eigenvalue weighted by Crippen LogP contribution is -2.04. The standard InChI is InChI=1S/C9H10BrIO2S/c1-2-13-8(12)4-3-6-5-7(11)14-9(6)10/h5H,2-4H2,1H3. The minimum Gasteiger partial charge on any atom is -0.466 e. The Morgan fingerprint density at radius 2 is 2.43 bits per heavy atom. The number of halogens is 2. The fraction of sp³-hybridized carbons (Fsp3) is 0.444. The number of aryl methyl sites for hydroxylation is 1. The van der Waals surface area contributed by atoms with E-state index in [0.717, 1.165) is 10.2 Å². The summed E-state index contributed by atoms with van der Waals surface area (Å²) in [5.41, 5.74) is 1.19. The van der Waals surface area contributed by atoms with Gasteiger partial charge in [-0.05, 0) is 63.5 Å². The van der Waals surface area contributed by atoms with Gasteiger partial charge in [0.15, 0.2) is 0 Å². The zero-order chi connectivity index (χ0) is 10.6. The molecule has 5 heteroatoms. The number of esters is 1. The Morgan fingerprint density at radius 3 is 2.93 bits per heavy atom. The molecule has 0 spiro atoms. The quantitative estimate of drug-likeness (QED) is 0.581. The van der Waals surface area contributed by atoms with Crippen LogP contribution in [0.2, 0.25) is 0 Å². The minimum atomic E-state index is -0.124. The van der Waals surface area contributed by atoms with Crippen molar-refractivity contribution in [2.45, 2.75) is 19.8 Å². The van der Waals surface area contributed by atoms with Gasteiger partial charge in [0.1, 0.15) is 0 Å². The summed E-state index contributed by atoms with van der Waals surface area (Å²) < 4.78 is 7.20. The first kappa shape index (κ1) is 12.4. The molecule has 0 atom stereocenters. The first-order chi connectivity index (χ1) is 6.63. The molecule has 78 valence electrons. The van der Waals surface area contributed by atoms with Crippen LogP contribution in [0.25, 0.3) is 0 Å². The van der Waals surface area contributed by atoms with Gasteiger partial charge < -0.3 is 4.74 Å². The maximum Gasteiger partial charge on any atom is 0.306 e. The van der Waals surface area contributed by atoms with Crippen LogP contribution in [0.15, 0.2) is 9.85 Å². The number of hydrogen-bond donors (Lipinski definition) is 0. The predicted octanol–water partition coefficient (Wildman–Crippen LogP) is 3.61. The van der Waals surface area contributed by atoms with E-state index in [1.165, 1.54) is 8.45 Å². The van der Waals surface area contributed by atoms with Crippen LogP contribution >= 0.6 is 49.9 Å². The van der Waals surface area contributed by atoms with Gasteiger partial charge in [-0.25, -0.2) is 0 Å². The minimum absolute atomic E-state index is 0.124. The molecule has 0 amide bonds. The third kappa shape index (κ3) is 3.86. The van der Waals surface area contributed by atoms with E-state index in [4.69, 9.17) is 4.74 Å². The first-order valence-electron chi connectivity index (χ1n) is 4.22. The lowest BCUT2D eigenvalue weighted by atomic mass is 10.2. The van der Waals surface area contributed by atoms with Crippen molar-refractivity contribution in [2.75, 3.05) is 6.61 Å². The molecule has 0 saturated heterocycles. The largest absolute Gasteiger partial charge is 0.466 e. The highest BCUT2D eigenvalue weighted by Crippen LogP contribution is 2.29. The third-order valence-electron chi connectivity index (χ3n) is 1.63. The van der Waals surface area contributed by atoms with Crippen LogP contribution in [0.3, 0.4) is 0 Å². The number of hydrogen-bond acceptors (Lipinski definition) is 3. The summed E-state index contributed by atoms with van der Waals surface area (Å²) in [6.07, 6.45) is 1.21. The van der Waals surface area contributed by atoms with Gasteiger partial charge in [-0.1, -0.05) is 0 Å². The maximum atomic E-state index is 11.1. The van der Waals surface area contributed by atoms with E-state index in [1.807, 2.05) is 6.92 Å². The molecule has 0 aliphatic carbocycles. The van der Waals surface area contributed by atoms with Crippen molar-refractivity contribution in [3.63, 3.8) is 0 Å². The molecule has 0 N–H and O–H groups in total. The van der Waals surface area contributed by atoms with Crippen LogP contribution in [0.5, 0.6) is 0 Å². The van der Waals surface area contributed by atoms with Crippen molar-refractivity contribution < 1.29 is 9.53 Å². The zero-order valence-corrected chi connectivity index (χ0v) is 12.2. The highest BCUT2D eigenvalue weighted by molar-refractivity contribution is 14.1. The van der Waals surface area contributed by atoms with Crippen molar-refractivity contribution in [1.29, 1.82) is 0 Å². The summed E-state index contributed by atoms with van der Waals surface area (Å²) in [4.78, 5) is 11.1. The lowest BCUT2D eigenvalue weighted by molar-refractivity contribution is -0.143. The van der Waals surface area contributed by atoms with E-state index in [1.54, 1.807) is 11.3 Å². The Labute approximate surface area is 109 Å². The topological polar surface area (TPSA) is 26.3 Å². The number of thiophene rings is 1. The van der Waals surface area contributed by atoms with E-state index in [-0.39, 0.29) is 5.97 Å². The maximum absolute atomic E-state index is 11.1. The van der Waals surface area contributed by atoms with Gasteiger partial charge in [0.2, 0.25) is 0 Å². The fourth-order valence-electron chi connectivity index (χ4n) is 1.01. The summed E-state index contributed by atoms with van der Waals surface area (Å²) >= 11 is 7.43. The number of carbonyl (C=O) groups excluding carboxylic acids is 1. The van der Waals surface area contributed by atoms with E-state index < -0.39 is 0 Å². The van der Waals surface area contributed by atoms with Crippen LogP contribution in [0, 0.1) is 2.88 Å². The van der Waals surface area contributed by atoms with Gasteiger partial charge in [0.25, 0.3) is 0 Å². The highest BCUT2D eigenvalue weighted by Gasteiger charge is 2.08. The SMILES string of the molecule is CCOC(=O)CCc1cc(I)sc1Br. The lowest BCUT2D eigenvalue weighted by Gasteiger charge is -2.00. The van der Waals surface area contributed by atoms with E-state index >= 15 is 0 Å². The van der Waals surface area contributed by atoms with Crippen LogP contribution in [-0.2, 0) is 16.0 Å². The number of rotatable bonds is 4. The summed E-state index contributed by atoms with van der Waals surface area (Å²) in [5, 5.41) is 0. The first-order valence-corrected chi connectivity index (χ1v) is 6.91. The molecule has 14 heavy (non-hydrogen) atoms. The smallest absolute Gasteiger partial charge is 0.306 e. The number of carbonyl (C=O) groups is 1. The van der Waals surface area contributed by atoms with Crippen molar-refractivity contribution in [2.24, 2.45) is 0 Å². The molecule has 0 unspecified atom stereocenters. The monoisotopic (exact) mass is 388 g/mol. The molecule has 0 aliphatic rings. The van der Waals surface area contributed by atoms with Crippen molar-refractivity contribution in [3.8, 4) is 0 Å². The Bertz CT molecular complexity index is 325. The van der Waals surface area contributed by atoms with Crippen LogP contribution in [-0.4, -0.2) is 12.6 Å². The molecule has 0 saturated carbocycles. The summed E-state index contributed by atoms with van der Waals surface area (Å²) in [6.45, 7) is 2.28. The zero-order valence-electron chi connectivity index (χ0n) is 7.68. The van der Waals surface area contributed by atoms with Gasteiger partial charge in [0.05, 0.1) is 13.3 Å². The van der Waals surface area contributed by atoms with E-state index in [2.05, 4.69) is 44.6 Å². The Balaban J connectivity index is 2.45. The molecule has 0 aromatic carbocycles. The Hall–Kier alpha value is 0.380. The van der Waals surface area contributed by atoms with Crippen LogP contribution in [0.1, 0.15) is 18.9 Å². The molecule has 1 aromatic rings. The second kappa shape index (κ2) is 6.07. The van der Waals surface area contributed by atoms with Gasteiger partial charge in [0, 0.05) is 6.42 Å². The average molecular weight is 389 g/mol. The molecule has 2 nitrogen and oxygen atoms in total. The Morgan fingerprint density at radius 1 is 1.71 bits per heavy atom. The fourth-order valence-corrected chi connectivity index (χ4v) is 4.46. The highest BCUT2D eigenvalue weighted by atomic mass is 127. The second-order valence-electron chi connectivity index (χ2n) is 2.65. The molecule has 1 aromatic heterocycles. The molecular weight excluding hydrogens is 379 g/mol. The molecule has 1 rings (SSSR count). The van der Waals surface area contributed by atoms with Gasteiger partial charge >= 0.3 is 5.97 Å². The van der Waals surface area contributed by atoms with Crippen molar-refractivity contribution in [3.05, 3.63) is 18.3 Å². The molecule has 0 aliphatic heterocycles. The van der Waals surface area contributed by atoms with Crippen LogP contribution in [0.4, 0.5) is 0 Å². The third-order valence-corrected chi connectivity index (χ3v) is 4.35. The normalized spacial score (nSPS) is 10.2. The summed E-state index contributed by atoms with van der Waals surface area (Å²) in [5.74, 6) is -0.124. The summed E-state index contributed by atoms with van der Waals surface area (Å²) in [7, 11) is 0. The van der Waals surface area contributed by atoms with Crippen LogP contribution < -0.4 is 0 Å². The van der Waals surface area contributed by atoms with Crippen molar-refractivity contribution >= 4 is 55.8 Å². The molecule has 1 heterocycles. The number of ether oxygens (including phenoxy) is 1. The molecule has 0 bridgehead atoms. The molecule has 0 fully saturated rings. The second-order valence-corrected chi connectivity index (χ2v) is 6.92. The van der Waals surface area contributed by atoms with E-state index in [0.29, 0.717) is 13.0 Å². The average Bonchev–Trinajstić information content (AvgIpc) is 2.42. The van der Waals surface area contributed by atoms with Crippen molar-refractivity contribution in [1.82, 2.24) is 0 Å². The van der Waals surface area contributed by atoms with Gasteiger partial charge in [-0.2, -0.15) is 0 Å². The Kier molecular flexibility index (Phi) is 5.40.